The van der Waals surface area contributed by atoms with Gasteiger partial charge in [0.2, 0.25) is 0 Å². The molecule has 0 unspecified atom stereocenters. The minimum absolute atomic E-state index is 0.395. The summed E-state index contributed by atoms with van der Waals surface area (Å²) in [6.07, 6.45) is 6.75. The van der Waals surface area contributed by atoms with E-state index in [-0.39, 0.29) is 0 Å². The first-order valence-electron chi connectivity index (χ1n) is 8.45. The van der Waals surface area contributed by atoms with Gasteiger partial charge in [-0.25, -0.2) is 4.68 Å². The molecule has 0 aliphatic carbocycles. The van der Waals surface area contributed by atoms with Crippen LogP contribution >= 0.6 is 0 Å². The summed E-state index contributed by atoms with van der Waals surface area (Å²) < 4.78 is 7.43. The van der Waals surface area contributed by atoms with Crippen LogP contribution in [0.15, 0.2) is 36.7 Å². The van der Waals surface area contributed by atoms with Gasteiger partial charge in [0.15, 0.2) is 0 Å². The number of carbonyl (C=O) groups excluding carboxylic acids is 1. The number of hydrogen-bond acceptors (Lipinski definition) is 4. The first-order valence-corrected chi connectivity index (χ1v) is 8.45. The van der Waals surface area contributed by atoms with Crippen LogP contribution in [0.2, 0.25) is 0 Å². The van der Waals surface area contributed by atoms with Crippen molar-refractivity contribution in [3.8, 4) is 11.4 Å². The van der Waals surface area contributed by atoms with Crippen LogP contribution in [0.3, 0.4) is 0 Å². The van der Waals surface area contributed by atoms with Crippen LogP contribution in [0, 0.1) is 0 Å². The molecule has 24 heavy (non-hydrogen) atoms. The van der Waals surface area contributed by atoms with Gasteiger partial charge < -0.3 is 15.4 Å². The average Bonchev–Trinajstić information content (AvgIpc) is 3.22. The van der Waals surface area contributed by atoms with Gasteiger partial charge in [0.1, 0.15) is 5.75 Å². The van der Waals surface area contributed by atoms with E-state index in [1.807, 2.05) is 24.3 Å². The Morgan fingerprint density at radius 2 is 2.17 bits per heavy atom. The van der Waals surface area contributed by atoms with Crippen molar-refractivity contribution in [3.63, 3.8) is 0 Å². The Kier molecular flexibility index (Phi) is 5.15. The van der Waals surface area contributed by atoms with Crippen molar-refractivity contribution in [3.05, 3.63) is 42.2 Å². The highest BCUT2D eigenvalue weighted by Gasteiger charge is 2.19. The lowest BCUT2D eigenvalue weighted by atomic mass is 10.2. The molecule has 1 aliphatic rings. The van der Waals surface area contributed by atoms with E-state index < -0.39 is 5.91 Å². The number of nitrogens with zero attached hydrogens (tertiary/aromatic N) is 3. The molecular formula is C18H24N4O2. The number of ether oxygens (including phenoxy) is 1. The highest BCUT2D eigenvalue weighted by molar-refractivity contribution is 5.92. The third-order valence-electron chi connectivity index (χ3n) is 4.52. The minimum Gasteiger partial charge on any atom is -0.494 e. The molecule has 0 radical (unpaired) electrons. The fourth-order valence-corrected chi connectivity index (χ4v) is 3.07. The second-order valence-electron chi connectivity index (χ2n) is 6.26. The van der Waals surface area contributed by atoms with Crippen molar-refractivity contribution in [2.24, 2.45) is 5.73 Å². The van der Waals surface area contributed by atoms with Crippen LogP contribution < -0.4 is 10.5 Å². The molecule has 0 saturated carbocycles. The number of aromatic nitrogens is 2. The summed E-state index contributed by atoms with van der Waals surface area (Å²) in [5.41, 5.74) is 6.49. The molecule has 1 amide bonds. The van der Waals surface area contributed by atoms with E-state index in [2.05, 4.69) is 16.9 Å². The molecule has 2 heterocycles. The molecule has 1 aromatic heterocycles. The van der Waals surface area contributed by atoms with Gasteiger partial charge in [-0.05, 0) is 57.0 Å². The van der Waals surface area contributed by atoms with Crippen LogP contribution in [-0.4, -0.2) is 46.3 Å². The molecule has 128 valence electrons. The van der Waals surface area contributed by atoms with E-state index in [0.717, 1.165) is 31.0 Å². The molecule has 0 bridgehead atoms. The zero-order valence-corrected chi connectivity index (χ0v) is 14.0. The Morgan fingerprint density at radius 1 is 1.38 bits per heavy atom. The zero-order chi connectivity index (χ0) is 16.9. The van der Waals surface area contributed by atoms with Gasteiger partial charge in [-0.3, -0.25) is 4.79 Å². The van der Waals surface area contributed by atoms with Crippen molar-refractivity contribution >= 4 is 5.91 Å². The monoisotopic (exact) mass is 328 g/mol. The molecule has 2 aromatic rings. The first-order chi connectivity index (χ1) is 11.6. The highest BCUT2D eigenvalue weighted by Crippen LogP contribution is 2.18. The summed E-state index contributed by atoms with van der Waals surface area (Å²) in [4.78, 5) is 13.6. The smallest absolute Gasteiger partial charge is 0.251 e. The first kappa shape index (κ1) is 16.5. The van der Waals surface area contributed by atoms with Gasteiger partial charge in [-0.1, -0.05) is 0 Å². The summed E-state index contributed by atoms with van der Waals surface area (Å²) in [5.74, 6) is 0.365. The standard InChI is InChI=1S/C18H24N4O2/c1-14-4-2-9-21(14)10-3-11-24-17-7-5-16(6-8-17)22-13-15(12-20-22)18(19)23/h5-8,12-14H,2-4,9-11H2,1H3,(H2,19,23)/t14-/m0/s1. The summed E-state index contributed by atoms with van der Waals surface area (Å²) in [6.45, 7) is 5.33. The van der Waals surface area contributed by atoms with Crippen molar-refractivity contribution in [2.75, 3.05) is 19.7 Å². The Morgan fingerprint density at radius 3 is 2.79 bits per heavy atom. The molecule has 1 aliphatic heterocycles. The number of nitrogens with two attached hydrogens (primary N) is 1. The Balaban J connectivity index is 1.48. The lowest BCUT2D eigenvalue weighted by molar-refractivity contribution is 0.100. The SMILES string of the molecule is C[C@H]1CCCN1CCCOc1ccc(-n2cc(C(N)=O)cn2)cc1. The number of amides is 1. The van der Waals surface area contributed by atoms with E-state index in [1.165, 1.54) is 25.6 Å². The molecule has 6 heteroatoms. The number of rotatable bonds is 7. The predicted octanol–water partition coefficient (Wildman–Crippen LogP) is 2.22. The summed E-state index contributed by atoms with van der Waals surface area (Å²) in [5, 5.41) is 4.13. The minimum atomic E-state index is -0.478. The van der Waals surface area contributed by atoms with Crippen molar-refractivity contribution in [1.82, 2.24) is 14.7 Å². The summed E-state index contributed by atoms with van der Waals surface area (Å²) >= 11 is 0. The molecule has 1 fully saturated rings. The van der Waals surface area contributed by atoms with E-state index in [9.17, 15) is 4.79 Å². The second-order valence-corrected chi connectivity index (χ2v) is 6.26. The van der Waals surface area contributed by atoms with Gasteiger partial charge in [0.25, 0.3) is 5.91 Å². The lowest BCUT2D eigenvalue weighted by Gasteiger charge is -2.20. The Bertz CT molecular complexity index is 681. The number of hydrogen-bond donors (Lipinski definition) is 1. The fourth-order valence-electron chi connectivity index (χ4n) is 3.07. The molecule has 1 aromatic carbocycles. The summed E-state index contributed by atoms with van der Waals surface area (Å²) in [7, 11) is 0. The molecule has 1 atom stereocenters. The number of carbonyl (C=O) groups is 1. The zero-order valence-electron chi connectivity index (χ0n) is 14.0. The van der Waals surface area contributed by atoms with E-state index in [1.54, 1.807) is 10.9 Å². The number of primary amides is 1. The quantitative estimate of drug-likeness (QED) is 0.791. The topological polar surface area (TPSA) is 73.4 Å². The highest BCUT2D eigenvalue weighted by atomic mass is 16.5. The van der Waals surface area contributed by atoms with Gasteiger partial charge in [-0.15, -0.1) is 0 Å². The van der Waals surface area contributed by atoms with Gasteiger partial charge in [-0.2, -0.15) is 5.10 Å². The van der Waals surface area contributed by atoms with E-state index >= 15 is 0 Å². The van der Waals surface area contributed by atoms with Crippen molar-refractivity contribution in [1.29, 1.82) is 0 Å². The Hall–Kier alpha value is -2.34. The van der Waals surface area contributed by atoms with Crippen molar-refractivity contribution in [2.45, 2.75) is 32.2 Å². The van der Waals surface area contributed by atoms with Crippen LogP contribution in [0.25, 0.3) is 5.69 Å². The predicted molar refractivity (Wildman–Crippen MR) is 92.5 cm³/mol. The van der Waals surface area contributed by atoms with Crippen LogP contribution in [0.4, 0.5) is 0 Å². The summed E-state index contributed by atoms with van der Waals surface area (Å²) in [6, 6.07) is 8.37. The van der Waals surface area contributed by atoms with Crippen molar-refractivity contribution < 1.29 is 9.53 Å². The molecule has 2 N–H and O–H groups in total. The molecule has 3 rings (SSSR count). The number of benzene rings is 1. The largest absolute Gasteiger partial charge is 0.494 e. The maximum atomic E-state index is 11.1. The van der Waals surface area contributed by atoms with Crippen LogP contribution in [-0.2, 0) is 0 Å². The Labute approximate surface area is 142 Å². The van der Waals surface area contributed by atoms with Gasteiger partial charge >= 0.3 is 0 Å². The maximum Gasteiger partial charge on any atom is 0.251 e. The van der Waals surface area contributed by atoms with E-state index in [4.69, 9.17) is 10.5 Å². The maximum absolute atomic E-state index is 11.1. The molecular weight excluding hydrogens is 304 g/mol. The normalized spacial score (nSPS) is 18.0. The van der Waals surface area contributed by atoms with Gasteiger partial charge in [0.05, 0.1) is 24.1 Å². The fraction of sp³-hybridized carbons (Fsp3) is 0.444. The average molecular weight is 328 g/mol. The third-order valence-corrected chi connectivity index (χ3v) is 4.52. The number of likely N-dealkylation sites (tertiary alicyclic amines) is 1. The van der Waals surface area contributed by atoms with Gasteiger partial charge in [0, 0.05) is 18.8 Å². The second kappa shape index (κ2) is 7.49. The van der Waals surface area contributed by atoms with E-state index in [0.29, 0.717) is 11.6 Å². The molecule has 6 nitrogen and oxygen atoms in total. The molecule has 0 spiro atoms. The van der Waals surface area contributed by atoms with Crippen LogP contribution in [0.1, 0.15) is 36.5 Å². The molecule has 1 saturated heterocycles. The van der Waals surface area contributed by atoms with Crippen LogP contribution in [0.5, 0.6) is 5.75 Å². The lowest BCUT2D eigenvalue weighted by Crippen LogP contribution is -2.28. The third kappa shape index (κ3) is 3.94.